The lowest BCUT2D eigenvalue weighted by Crippen LogP contribution is -1.97. The molecule has 0 spiro atoms. The third kappa shape index (κ3) is 1.38. The Bertz CT molecular complexity index is 743. The van der Waals surface area contributed by atoms with Crippen LogP contribution in [0.15, 0.2) is 34.7 Å². The van der Waals surface area contributed by atoms with Crippen molar-refractivity contribution < 1.29 is 14.3 Å². The highest BCUT2D eigenvalue weighted by Crippen LogP contribution is 2.28. The number of nitrogens with zero attached hydrogens (tertiary/aromatic N) is 1. The number of oxazole rings is 1. The SMILES string of the molecule is Cc1nc2c(ccc3cccc(C(=O)O)c32)o1. The Morgan fingerprint density at radius 3 is 2.88 bits per heavy atom. The Hall–Kier alpha value is -2.36. The molecule has 1 heterocycles. The summed E-state index contributed by atoms with van der Waals surface area (Å²) >= 11 is 0. The summed E-state index contributed by atoms with van der Waals surface area (Å²) in [7, 11) is 0. The summed E-state index contributed by atoms with van der Waals surface area (Å²) < 4.78 is 5.41. The maximum atomic E-state index is 11.2. The number of fused-ring (bicyclic) bond motifs is 3. The van der Waals surface area contributed by atoms with Crippen LogP contribution in [0.1, 0.15) is 16.2 Å². The number of carboxylic acids is 1. The van der Waals surface area contributed by atoms with Crippen molar-refractivity contribution in [3.63, 3.8) is 0 Å². The van der Waals surface area contributed by atoms with Crippen LogP contribution in [0.25, 0.3) is 21.9 Å². The third-order valence-corrected chi connectivity index (χ3v) is 2.74. The van der Waals surface area contributed by atoms with E-state index in [4.69, 9.17) is 4.42 Å². The van der Waals surface area contributed by atoms with Crippen molar-refractivity contribution in [3.8, 4) is 0 Å². The second-order valence-corrected chi connectivity index (χ2v) is 3.85. The monoisotopic (exact) mass is 227 g/mol. The number of hydrogen-bond donors (Lipinski definition) is 1. The molecule has 0 saturated carbocycles. The molecular weight excluding hydrogens is 218 g/mol. The number of aryl methyl sites for hydroxylation is 1. The zero-order valence-corrected chi connectivity index (χ0v) is 9.10. The van der Waals surface area contributed by atoms with Gasteiger partial charge < -0.3 is 9.52 Å². The molecule has 4 heteroatoms. The van der Waals surface area contributed by atoms with Gasteiger partial charge in [0, 0.05) is 12.3 Å². The second-order valence-electron chi connectivity index (χ2n) is 3.85. The molecule has 0 radical (unpaired) electrons. The summed E-state index contributed by atoms with van der Waals surface area (Å²) in [6.07, 6.45) is 0. The topological polar surface area (TPSA) is 63.3 Å². The van der Waals surface area contributed by atoms with Crippen molar-refractivity contribution in [2.24, 2.45) is 0 Å². The Morgan fingerprint density at radius 1 is 1.29 bits per heavy atom. The van der Waals surface area contributed by atoms with Gasteiger partial charge in [-0.05, 0) is 17.5 Å². The quantitative estimate of drug-likeness (QED) is 0.694. The van der Waals surface area contributed by atoms with Crippen LogP contribution in [-0.2, 0) is 0 Å². The van der Waals surface area contributed by atoms with E-state index in [1.54, 1.807) is 19.1 Å². The molecule has 0 fully saturated rings. The van der Waals surface area contributed by atoms with E-state index in [0.717, 1.165) is 5.39 Å². The molecule has 0 aliphatic rings. The molecule has 4 nitrogen and oxygen atoms in total. The average molecular weight is 227 g/mol. The van der Waals surface area contributed by atoms with Crippen molar-refractivity contribution in [3.05, 3.63) is 41.8 Å². The van der Waals surface area contributed by atoms with Gasteiger partial charge in [0.15, 0.2) is 11.5 Å². The first-order valence-electron chi connectivity index (χ1n) is 5.19. The first kappa shape index (κ1) is 9.84. The van der Waals surface area contributed by atoms with Crippen molar-refractivity contribution in [1.82, 2.24) is 4.98 Å². The molecule has 3 rings (SSSR count). The number of rotatable bonds is 1. The van der Waals surface area contributed by atoms with Crippen LogP contribution in [0, 0.1) is 6.92 Å². The summed E-state index contributed by atoms with van der Waals surface area (Å²) in [5.41, 5.74) is 1.48. The van der Waals surface area contributed by atoms with Gasteiger partial charge in [-0.3, -0.25) is 0 Å². The van der Waals surface area contributed by atoms with Crippen molar-refractivity contribution in [1.29, 1.82) is 0 Å². The van der Waals surface area contributed by atoms with Crippen LogP contribution in [-0.4, -0.2) is 16.1 Å². The zero-order valence-electron chi connectivity index (χ0n) is 9.10. The van der Waals surface area contributed by atoms with Crippen LogP contribution in [0.5, 0.6) is 0 Å². The standard InChI is InChI=1S/C13H9NO3/c1-7-14-12-10(17-7)6-5-8-3-2-4-9(11(8)12)13(15)16/h2-6H,1H3,(H,15,16). The maximum Gasteiger partial charge on any atom is 0.336 e. The first-order chi connectivity index (χ1) is 8.16. The van der Waals surface area contributed by atoms with E-state index in [0.29, 0.717) is 22.4 Å². The van der Waals surface area contributed by atoms with Crippen molar-refractivity contribution in [2.75, 3.05) is 0 Å². The van der Waals surface area contributed by atoms with E-state index in [1.165, 1.54) is 0 Å². The molecule has 3 aromatic rings. The second kappa shape index (κ2) is 3.31. The van der Waals surface area contributed by atoms with Gasteiger partial charge in [0.1, 0.15) is 5.52 Å². The predicted molar refractivity (Wildman–Crippen MR) is 63.2 cm³/mol. The molecular formula is C13H9NO3. The first-order valence-corrected chi connectivity index (χ1v) is 5.19. The lowest BCUT2D eigenvalue weighted by atomic mass is 10.0. The number of aromatic carboxylic acids is 1. The zero-order chi connectivity index (χ0) is 12.0. The highest BCUT2D eigenvalue weighted by atomic mass is 16.4. The lowest BCUT2D eigenvalue weighted by molar-refractivity contribution is 0.0699. The number of carboxylic acid groups (broad SMARTS) is 1. The van der Waals surface area contributed by atoms with Crippen LogP contribution in [0.2, 0.25) is 0 Å². The molecule has 0 bridgehead atoms. The van der Waals surface area contributed by atoms with Gasteiger partial charge in [0.2, 0.25) is 0 Å². The van der Waals surface area contributed by atoms with Gasteiger partial charge in [-0.2, -0.15) is 0 Å². The van der Waals surface area contributed by atoms with Crippen LogP contribution < -0.4 is 0 Å². The fourth-order valence-electron chi connectivity index (χ4n) is 2.05. The lowest BCUT2D eigenvalue weighted by Gasteiger charge is -2.01. The van der Waals surface area contributed by atoms with E-state index < -0.39 is 5.97 Å². The van der Waals surface area contributed by atoms with Gasteiger partial charge in [-0.15, -0.1) is 0 Å². The minimum atomic E-state index is -0.955. The summed E-state index contributed by atoms with van der Waals surface area (Å²) in [4.78, 5) is 15.5. The van der Waals surface area contributed by atoms with Crippen LogP contribution >= 0.6 is 0 Å². The van der Waals surface area contributed by atoms with E-state index in [9.17, 15) is 9.90 Å². The smallest absolute Gasteiger partial charge is 0.336 e. The molecule has 84 valence electrons. The predicted octanol–water partition coefficient (Wildman–Crippen LogP) is 2.99. The number of benzene rings is 2. The fraction of sp³-hybridized carbons (Fsp3) is 0.0769. The van der Waals surface area contributed by atoms with E-state index in [1.807, 2.05) is 18.2 Å². The molecule has 0 amide bonds. The maximum absolute atomic E-state index is 11.2. The van der Waals surface area contributed by atoms with Crippen molar-refractivity contribution >= 4 is 27.8 Å². The summed E-state index contributed by atoms with van der Waals surface area (Å²) in [6.45, 7) is 1.75. The molecule has 17 heavy (non-hydrogen) atoms. The van der Waals surface area contributed by atoms with Crippen molar-refractivity contribution in [2.45, 2.75) is 6.92 Å². The van der Waals surface area contributed by atoms with Gasteiger partial charge in [-0.25, -0.2) is 9.78 Å². The Morgan fingerprint density at radius 2 is 2.12 bits per heavy atom. The van der Waals surface area contributed by atoms with Crippen LogP contribution in [0.3, 0.4) is 0 Å². The minimum Gasteiger partial charge on any atom is -0.478 e. The van der Waals surface area contributed by atoms with E-state index in [2.05, 4.69) is 4.98 Å². The largest absolute Gasteiger partial charge is 0.478 e. The summed E-state index contributed by atoms with van der Waals surface area (Å²) in [5.74, 6) is -0.420. The molecule has 0 atom stereocenters. The number of aromatic nitrogens is 1. The highest BCUT2D eigenvalue weighted by Gasteiger charge is 2.14. The van der Waals surface area contributed by atoms with Gasteiger partial charge in [0.05, 0.1) is 5.56 Å². The van der Waals surface area contributed by atoms with Gasteiger partial charge in [-0.1, -0.05) is 18.2 Å². The molecule has 0 saturated heterocycles. The number of hydrogen-bond acceptors (Lipinski definition) is 3. The Kier molecular flexibility index (Phi) is 1.92. The fourth-order valence-corrected chi connectivity index (χ4v) is 2.05. The molecule has 0 unspecified atom stereocenters. The normalized spacial score (nSPS) is 11.1. The molecule has 0 aliphatic heterocycles. The number of carbonyl (C=O) groups is 1. The Balaban J connectivity index is 2.58. The van der Waals surface area contributed by atoms with Crippen LogP contribution in [0.4, 0.5) is 0 Å². The summed E-state index contributed by atoms with van der Waals surface area (Å²) in [5, 5.41) is 10.7. The van der Waals surface area contributed by atoms with Gasteiger partial charge >= 0.3 is 5.97 Å². The van der Waals surface area contributed by atoms with Gasteiger partial charge in [0.25, 0.3) is 0 Å². The summed E-state index contributed by atoms with van der Waals surface area (Å²) in [6, 6.07) is 8.82. The van der Waals surface area contributed by atoms with E-state index >= 15 is 0 Å². The third-order valence-electron chi connectivity index (χ3n) is 2.74. The Labute approximate surface area is 96.5 Å². The molecule has 0 aliphatic carbocycles. The highest BCUT2D eigenvalue weighted by molar-refractivity contribution is 6.13. The van der Waals surface area contributed by atoms with E-state index in [-0.39, 0.29) is 5.56 Å². The minimum absolute atomic E-state index is 0.251. The molecule has 1 aromatic heterocycles. The average Bonchev–Trinajstić information content (AvgIpc) is 2.68. The molecule has 2 aromatic carbocycles. The molecule has 1 N–H and O–H groups in total.